The Labute approximate surface area is 183 Å². The molecule has 0 unspecified atom stereocenters. The number of nitrogens with one attached hydrogen (secondary N) is 2. The largest absolute Gasteiger partial charge is 0.452 e. The molecule has 0 atom stereocenters. The third-order valence-electron chi connectivity index (χ3n) is 3.70. The van der Waals surface area contributed by atoms with E-state index in [9.17, 15) is 14.4 Å². The average molecular weight is 458 g/mol. The van der Waals surface area contributed by atoms with E-state index < -0.39 is 18.5 Å². The Bertz CT molecular complexity index is 932. The quantitative estimate of drug-likeness (QED) is 0.461. The summed E-state index contributed by atoms with van der Waals surface area (Å²) >= 11 is 17.8. The Morgan fingerprint density at radius 2 is 1.66 bits per heavy atom. The first kappa shape index (κ1) is 23.0. The Balaban J connectivity index is 2.03. The van der Waals surface area contributed by atoms with Crippen LogP contribution in [0.5, 0.6) is 0 Å². The lowest BCUT2D eigenvalue weighted by Crippen LogP contribution is -2.29. The maximum absolute atomic E-state index is 12.3. The van der Waals surface area contributed by atoms with Crippen molar-refractivity contribution in [3.8, 4) is 0 Å². The van der Waals surface area contributed by atoms with E-state index in [0.29, 0.717) is 17.8 Å². The minimum Gasteiger partial charge on any atom is -0.452 e. The smallest absolute Gasteiger partial charge is 0.341 e. The SMILES string of the molecule is CC(C)CNC(=O)c1ccccc1NC(=O)COC(=O)c1c(Cl)ccc(Cl)c1Cl. The normalized spacial score (nSPS) is 10.6. The molecular weight excluding hydrogens is 439 g/mol. The van der Waals surface area contributed by atoms with Crippen molar-refractivity contribution in [1.29, 1.82) is 0 Å². The molecule has 2 amide bonds. The van der Waals surface area contributed by atoms with Gasteiger partial charge >= 0.3 is 5.97 Å². The van der Waals surface area contributed by atoms with Crippen LogP contribution in [0.15, 0.2) is 36.4 Å². The van der Waals surface area contributed by atoms with Crippen LogP contribution in [0.25, 0.3) is 0 Å². The van der Waals surface area contributed by atoms with Crippen LogP contribution in [0.2, 0.25) is 15.1 Å². The van der Waals surface area contributed by atoms with Gasteiger partial charge in [-0.2, -0.15) is 0 Å². The fourth-order valence-electron chi connectivity index (χ4n) is 2.29. The van der Waals surface area contributed by atoms with E-state index in [1.54, 1.807) is 24.3 Å². The predicted octanol–water partition coefficient (Wildman–Crippen LogP) is 4.83. The minimum atomic E-state index is -0.888. The highest BCUT2D eigenvalue weighted by atomic mass is 35.5. The molecule has 0 radical (unpaired) electrons. The van der Waals surface area contributed by atoms with Crippen LogP contribution in [0.3, 0.4) is 0 Å². The molecule has 0 fully saturated rings. The van der Waals surface area contributed by atoms with Crippen molar-refractivity contribution in [2.24, 2.45) is 5.92 Å². The second-order valence-electron chi connectivity index (χ2n) is 6.49. The lowest BCUT2D eigenvalue weighted by molar-refractivity contribution is -0.119. The number of rotatable bonds is 7. The number of esters is 1. The zero-order valence-corrected chi connectivity index (χ0v) is 18.0. The monoisotopic (exact) mass is 456 g/mol. The molecule has 2 N–H and O–H groups in total. The maximum atomic E-state index is 12.3. The summed E-state index contributed by atoms with van der Waals surface area (Å²) in [6.45, 7) is 3.85. The van der Waals surface area contributed by atoms with Crippen LogP contribution >= 0.6 is 34.8 Å². The molecule has 0 aliphatic rings. The molecule has 9 heteroatoms. The first-order chi connectivity index (χ1) is 13.7. The standard InChI is InChI=1S/C20H19Cl3N2O4/c1-11(2)9-24-19(27)12-5-3-4-6-15(12)25-16(26)10-29-20(28)17-13(21)7-8-14(22)18(17)23/h3-8,11H,9-10H2,1-2H3,(H,24,27)(H,25,26). The molecule has 0 aliphatic heterocycles. The number of carbonyl (C=O) groups is 3. The van der Waals surface area contributed by atoms with Gasteiger partial charge in [-0.1, -0.05) is 60.8 Å². The molecule has 0 aliphatic carbocycles. The number of anilines is 1. The zero-order chi connectivity index (χ0) is 21.6. The third kappa shape index (κ3) is 6.35. The fraction of sp³-hybridized carbons (Fsp3) is 0.250. The summed E-state index contributed by atoms with van der Waals surface area (Å²) in [4.78, 5) is 36.8. The number of benzene rings is 2. The Hall–Kier alpha value is -2.28. The zero-order valence-electron chi connectivity index (χ0n) is 15.7. The number of hydrogen-bond acceptors (Lipinski definition) is 4. The summed E-state index contributed by atoms with van der Waals surface area (Å²) in [5, 5.41) is 5.47. The van der Waals surface area contributed by atoms with Crippen LogP contribution in [-0.2, 0) is 9.53 Å². The highest BCUT2D eigenvalue weighted by Gasteiger charge is 2.20. The molecule has 2 rings (SSSR count). The molecule has 0 heterocycles. The lowest BCUT2D eigenvalue weighted by Gasteiger charge is -2.13. The molecule has 29 heavy (non-hydrogen) atoms. The molecule has 0 saturated heterocycles. The molecule has 0 bridgehead atoms. The van der Waals surface area contributed by atoms with E-state index in [-0.39, 0.29) is 32.5 Å². The summed E-state index contributed by atoms with van der Waals surface area (Å²) in [6, 6.07) is 9.36. The van der Waals surface area contributed by atoms with E-state index >= 15 is 0 Å². The van der Waals surface area contributed by atoms with Crippen LogP contribution < -0.4 is 10.6 Å². The van der Waals surface area contributed by atoms with Gasteiger partial charge in [-0.05, 0) is 30.2 Å². The predicted molar refractivity (Wildman–Crippen MR) is 114 cm³/mol. The van der Waals surface area contributed by atoms with Crippen molar-refractivity contribution in [2.45, 2.75) is 13.8 Å². The molecule has 6 nitrogen and oxygen atoms in total. The van der Waals surface area contributed by atoms with Gasteiger partial charge in [-0.15, -0.1) is 0 Å². The summed E-state index contributed by atoms with van der Waals surface area (Å²) in [5.41, 5.74) is 0.476. The van der Waals surface area contributed by atoms with Gasteiger partial charge in [0.05, 0.1) is 31.9 Å². The summed E-state index contributed by atoms with van der Waals surface area (Å²) in [5.74, 6) is -1.55. The summed E-state index contributed by atoms with van der Waals surface area (Å²) in [7, 11) is 0. The van der Waals surface area contributed by atoms with Crippen LogP contribution in [-0.4, -0.2) is 30.9 Å². The number of hydrogen-bond donors (Lipinski definition) is 2. The van der Waals surface area contributed by atoms with E-state index in [0.717, 1.165) is 0 Å². The number of halogens is 3. The molecule has 0 spiro atoms. The number of amides is 2. The molecule has 0 aromatic heterocycles. The van der Waals surface area contributed by atoms with Crippen molar-refractivity contribution in [2.75, 3.05) is 18.5 Å². The van der Waals surface area contributed by atoms with Crippen LogP contribution in [0, 0.1) is 5.92 Å². The maximum Gasteiger partial charge on any atom is 0.341 e. The van der Waals surface area contributed by atoms with Gasteiger partial charge < -0.3 is 15.4 Å². The lowest BCUT2D eigenvalue weighted by atomic mass is 10.1. The van der Waals surface area contributed by atoms with Crippen molar-refractivity contribution < 1.29 is 19.1 Å². The third-order valence-corrected chi connectivity index (χ3v) is 4.82. The van der Waals surface area contributed by atoms with E-state index in [1.165, 1.54) is 12.1 Å². The van der Waals surface area contributed by atoms with Crippen molar-refractivity contribution in [1.82, 2.24) is 5.32 Å². The Kier molecular flexibility index (Phi) is 8.32. The van der Waals surface area contributed by atoms with Gasteiger partial charge in [-0.25, -0.2) is 4.79 Å². The van der Waals surface area contributed by atoms with Gasteiger partial charge in [0, 0.05) is 6.54 Å². The van der Waals surface area contributed by atoms with Gasteiger partial charge in [0.2, 0.25) is 0 Å². The van der Waals surface area contributed by atoms with Gasteiger partial charge in [0.15, 0.2) is 6.61 Å². The second-order valence-corrected chi connectivity index (χ2v) is 7.68. The van der Waals surface area contributed by atoms with Crippen LogP contribution in [0.4, 0.5) is 5.69 Å². The minimum absolute atomic E-state index is 0.0528. The molecule has 2 aromatic carbocycles. The van der Waals surface area contributed by atoms with Gasteiger partial charge in [0.25, 0.3) is 11.8 Å². The first-order valence-electron chi connectivity index (χ1n) is 8.68. The second kappa shape index (κ2) is 10.5. The molecule has 0 saturated carbocycles. The van der Waals surface area contributed by atoms with Crippen LogP contribution in [0.1, 0.15) is 34.6 Å². The molecular formula is C20H19Cl3N2O4. The summed E-state index contributed by atoms with van der Waals surface area (Å²) in [6.07, 6.45) is 0. The highest BCUT2D eigenvalue weighted by molar-refractivity contribution is 6.46. The van der Waals surface area contributed by atoms with Crippen molar-refractivity contribution >= 4 is 58.3 Å². The number of ether oxygens (including phenoxy) is 1. The van der Waals surface area contributed by atoms with E-state index in [2.05, 4.69) is 10.6 Å². The van der Waals surface area contributed by atoms with E-state index in [4.69, 9.17) is 39.5 Å². The summed E-state index contributed by atoms with van der Waals surface area (Å²) < 4.78 is 4.98. The molecule has 154 valence electrons. The van der Waals surface area contributed by atoms with Crippen molar-refractivity contribution in [3.05, 3.63) is 62.6 Å². The number of carbonyl (C=O) groups excluding carboxylic acids is 3. The average Bonchev–Trinajstić information content (AvgIpc) is 2.68. The van der Waals surface area contributed by atoms with Gasteiger partial charge in [0.1, 0.15) is 0 Å². The fourth-order valence-corrected chi connectivity index (χ4v) is 2.97. The first-order valence-corrected chi connectivity index (χ1v) is 9.81. The Morgan fingerprint density at radius 1 is 1.00 bits per heavy atom. The Morgan fingerprint density at radius 3 is 2.34 bits per heavy atom. The van der Waals surface area contributed by atoms with E-state index in [1.807, 2.05) is 13.8 Å². The van der Waals surface area contributed by atoms with Gasteiger partial charge in [-0.3, -0.25) is 9.59 Å². The topological polar surface area (TPSA) is 84.5 Å². The number of para-hydroxylation sites is 1. The van der Waals surface area contributed by atoms with Crippen molar-refractivity contribution in [3.63, 3.8) is 0 Å². The highest BCUT2D eigenvalue weighted by Crippen LogP contribution is 2.31. The molecule has 2 aromatic rings.